The van der Waals surface area contributed by atoms with Crippen LogP contribution in [0.15, 0.2) is 47.4 Å². The van der Waals surface area contributed by atoms with Gasteiger partial charge >= 0.3 is 0 Å². The van der Waals surface area contributed by atoms with Crippen molar-refractivity contribution in [1.29, 1.82) is 0 Å². The van der Waals surface area contributed by atoms with E-state index in [2.05, 4.69) is 10.0 Å². The van der Waals surface area contributed by atoms with Crippen LogP contribution in [0.2, 0.25) is 0 Å². The molecule has 31 heavy (non-hydrogen) atoms. The first-order valence-electron chi connectivity index (χ1n) is 9.50. The SMILES string of the molecule is CCN(CC(=O)NC(C)(C)C)C(=O)c1ccc(NS(=O)(=O)c2ccc(F)c(F)c2)cc1. The highest BCUT2D eigenvalue weighted by atomic mass is 32.2. The van der Waals surface area contributed by atoms with E-state index in [-0.39, 0.29) is 29.6 Å². The third kappa shape index (κ3) is 6.74. The fourth-order valence-corrected chi connectivity index (χ4v) is 3.75. The predicted molar refractivity (Wildman–Crippen MR) is 113 cm³/mol. The molecule has 7 nitrogen and oxygen atoms in total. The molecule has 0 heterocycles. The summed E-state index contributed by atoms with van der Waals surface area (Å²) in [4.78, 5) is 25.7. The van der Waals surface area contributed by atoms with Crippen molar-refractivity contribution in [3.63, 3.8) is 0 Å². The smallest absolute Gasteiger partial charge is 0.261 e. The summed E-state index contributed by atoms with van der Waals surface area (Å²) in [6, 6.07) is 7.81. The maximum absolute atomic E-state index is 13.3. The average molecular weight is 454 g/mol. The Labute approximate surface area is 180 Å². The van der Waals surface area contributed by atoms with E-state index in [0.717, 1.165) is 12.1 Å². The van der Waals surface area contributed by atoms with Crippen LogP contribution in [-0.2, 0) is 14.8 Å². The molecule has 10 heteroatoms. The van der Waals surface area contributed by atoms with E-state index in [9.17, 15) is 26.8 Å². The highest BCUT2D eigenvalue weighted by molar-refractivity contribution is 7.92. The van der Waals surface area contributed by atoms with Gasteiger partial charge in [-0.15, -0.1) is 0 Å². The minimum absolute atomic E-state index is 0.114. The molecule has 0 unspecified atom stereocenters. The van der Waals surface area contributed by atoms with E-state index < -0.39 is 32.1 Å². The van der Waals surface area contributed by atoms with Crippen LogP contribution < -0.4 is 10.0 Å². The van der Waals surface area contributed by atoms with Gasteiger partial charge in [0, 0.05) is 23.3 Å². The molecular formula is C21H25F2N3O4S. The van der Waals surface area contributed by atoms with E-state index in [1.807, 2.05) is 20.8 Å². The van der Waals surface area contributed by atoms with E-state index in [4.69, 9.17) is 0 Å². The number of anilines is 1. The third-order valence-corrected chi connectivity index (χ3v) is 5.48. The second-order valence-electron chi connectivity index (χ2n) is 7.88. The average Bonchev–Trinajstić information content (AvgIpc) is 2.66. The summed E-state index contributed by atoms with van der Waals surface area (Å²) in [6.07, 6.45) is 0. The molecule has 0 spiro atoms. The van der Waals surface area contributed by atoms with Gasteiger partial charge in [0.15, 0.2) is 11.6 Å². The number of carbonyl (C=O) groups excluding carboxylic acids is 2. The molecule has 0 aliphatic heterocycles. The molecule has 0 bridgehead atoms. The Bertz CT molecular complexity index is 1070. The summed E-state index contributed by atoms with van der Waals surface area (Å²) >= 11 is 0. The largest absolute Gasteiger partial charge is 0.350 e. The summed E-state index contributed by atoms with van der Waals surface area (Å²) < 4.78 is 53.3. The molecule has 2 N–H and O–H groups in total. The fraction of sp³-hybridized carbons (Fsp3) is 0.333. The Morgan fingerprint density at radius 2 is 1.61 bits per heavy atom. The van der Waals surface area contributed by atoms with Gasteiger partial charge in [-0.05, 0) is 70.2 Å². The monoisotopic (exact) mass is 453 g/mol. The molecule has 0 aromatic heterocycles. The Morgan fingerprint density at radius 3 is 2.13 bits per heavy atom. The van der Waals surface area contributed by atoms with Crippen molar-refractivity contribution in [2.45, 2.75) is 38.1 Å². The van der Waals surface area contributed by atoms with E-state index in [1.165, 1.54) is 29.2 Å². The van der Waals surface area contributed by atoms with E-state index in [0.29, 0.717) is 12.6 Å². The van der Waals surface area contributed by atoms with Crippen molar-refractivity contribution < 1.29 is 26.8 Å². The van der Waals surface area contributed by atoms with Crippen LogP contribution in [0.5, 0.6) is 0 Å². The van der Waals surface area contributed by atoms with Crippen LogP contribution in [0.4, 0.5) is 14.5 Å². The number of nitrogens with zero attached hydrogens (tertiary/aromatic N) is 1. The maximum atomic E-state index is 13.3. The van der Waals surface area contributed by atoms with E-state index in [1.54, 1.807) is 6.92 Å². The number of amides is 2. The second-order valence-corrected chi connectivity index (χ2v) is 9.56. The molecule has 2 rings (SSSR count). The van der Waals surface area contributed by atoms with Crippen LogP contribution in [0.1, 0.15) is 38.1 Å². The molecular weight excluding hydrogens is 428 g/mol. The number of hydrogen-bond donors (Lipinski definition) is 2. The van der Waals surface area contributed by atoms with Gasteiger partial charge in [-0.1, -0.05) is 0 Å². The molecule has 2 amide bonds. The van der Waals surface area contributed by atoms with Gasteiger partial charge in [-0.2, -0.15) is 0 Å². The second kappa shape index (κ2) is 9.42. The standard InChI is InChI=1S/C21H25F2N3O4S/c1-5-26(13-19(27)24-21(2,3)4)20(28)14-6-8-15(9-7-14)25-31(29,30)16-10-11-17(22)18(23)12-16/h6-12,25H,5,13H2,1-4H3,(H,24,27). The van der Waals surface area contributed by atoms with Gasteiger partial charge in [-0.25, -0.2) is 17.2 Å². The molecule has 0 radical (unpaired) electrons. The topological polar surface area (TPSA) is 95.6 Å². The Balaban J connectivity index is 2.11. The molecule has 2 aromatic rings. The summed E-state index contributed by atoms with van der Waals surface area (Å²) in [5, 5.41) is 2.79. The minimum atomic E-state index is -4.14. The highest BCUT2D eigenvalue weighted by Crippen LogP contribution is 2.19. The van der Waals surface area contributed by atoms with Crippen molar-refractivity contribution in [2.24, 2.45) is 0 Å². The molecule has 0 atom stereocenters. The molecule has 0 fully saturated rings. The fourth-order valence-electron chi connectivity index (χ4n) is 2.68. The lowest BCUT2D eigenvalue weighted by Gasteiger charge is -2.25. The lowest BCUT2D eigenvalue weighted by molar-refractivity contribution is -0.123. The van der Waals surface area contributed by atoms with Crippen LogP contribution in [0.3, 0.4) is 0 Å². The number of carbonyl (C=O) groups is 2. The molecule has 0 saturated carbocycles. The number of hydrogen-bond acceptors (Lipinski definition) is 4. The minimum Gasteiger partial charge on any atom is -0.350 e. The molecule has 0 saturated heterocycles. The van der Waals surface area contributed by atoms with Gasteiger partial charge in [0.1, 0.15) is 0 Å². The first kappa shape index (κ1) is 24.3. The van der Waals surface area contributed by atoms with Crippen molar-refractivity contribution in [3.8, 4) is 0 Å². The van der Waals surface area contributed by atoms with Crippen molar-refractivity contribution in [1.82, 2.24) is 10.2 Å². The summed E-state index contributed by atoms with van der Waals surface area (Å²) in [6.45, 7) is 7.44. The first-order chi connectivity index (χ1) is 14.3. The van der Waals surface area contributed by atoms with Crippen LogP contribution in [0, 0.1) is 11.6 Å². The van der Waals surface area contributed by atoms with Crippen LogP contribution >= 0.6 is 0 Å². The number of halogens is 2. The summed E-state index contributed by atoms with van der Waals surface area (Å²) in [7, 11) is -4.14. The summed E-state index contributed by atoms with van der Waals surface area (Å²) in [5.41, 5.74) is -0.0257. The molecule has 2 aromatic carbocycles. The zero-order valence-corrected chi connectivity index (χ0v) is 18.5. The van der Waals surface area contributed by atoms with Gasteiger partial charge in [0.25, 0.3) is 15.9 Å². The number of rotatable bonds is 7. The quantitative estimate of drug-likeness (QED) is 0.673. The molecule has 0 aliphatic rings. The normalized spacial score (nSPS) is 11.7. The predicted octanol–water partition coefficient (Wildman–Crippen LogP) is 3.14. The Morgan fingerprint density at radius 1 is 1.00 bits per heavy atom. The highest BCUT2D eigenvalue weighted by Gasteiger charge is 2.21. The zero-order valence-electron chi connectivity index (χ0n) is 17.7. The first-order valence-corrected chi connectivity index (χ1v) is 11.0. The Kier molecular flexibility index (Phi) is 7.37. The van der Waals surface area contributed by atoms with Crippen molar-refractivity contribution >= 4 is 27.5 Å². The lowest BCUT2D eigenvalue weighted by Crippen LogP contribution is -2.47. The van der Waals surface area contributed by atoms with E-state index >= 15 is 0 Å². The summed E-state index contributed by atoms with van der Waals surface area (Å²) in [5.74, 6) is -3.11. The van der Waals surface area contributed by atoms with Crippen LogP contribution in [-0.4, -0.2) is 43.8 Å². The maximum Gasteiger partial charge on any atom is 0.261 e. The molecule has 168 valence electrons. The third-order valence-electron chi connectivity index (χ3n) is 4.10. The lowest BCUT2D eigenvalue weighted by atomic mass is 10.1. The zero-order chi connectivity index (χ0) is 23.4. The van der Waals surface area contributed by atoms with Gasteiger partial charge in [-0.3, -0.25) is 14.3 Å². The van der Waals surface area contributed by atoms with Crippen molar-refractivity contribution in [3.05, 3.63) is 59.7 Å². The van der Waals surface area contributed by atoms with Crippen molar-refractivity contribution in [2.75, 3.05) is 17.8 Å². The Hall–Kier alpha value is -3.01. The van der Waals surface area contributed by atoms with Gasteiger partial charge in [0.2, 0.25) is 5.91 Å². The number of likely N-dealkylation sites (N-methyl/N-ethyl adjacent to an activating group) is 1. The number of nitrogens with one attached hydrogen (secondary N) is 2. The van der Waals surface area contributed by atoms with Crippen LogP contribution in [0.25, 0.3) is 0 Å². The molecule has 0 aliphatic carbocycles. The van der Waals surface area contributed by atoms with Gasteiger partial charge < -0.3 is 10.2 Å². The number of benzene rings is 2. The van der Waals surface area contributed by atoms with Gasteiger partial charge in [0.05, 0.1) is 11.4 Å². The number of sulfonamides is 1.